The van der Waals surface area contributed by atoms with Crippen molar-refractivity contribution in [3.8, 4) is 16.9 Å². The summed E-state index contributed by atoms with van der Waals surface area (Å²) in [5, 5.41) is 20.6. The summed E-state index contributed by atoms with van der Waals surface area (Å²) in [5.41, 5.74) is 1.32. The lowest BCUT2D eigenvalue weighted by Gasteiger charge is -2.14. The van der Waals surface area contributed by atoms with Crippen LogP contribution >= 0.6 is 11.6 Å². The molecule has 0 aliphatic heterocycles. The first-order chi connectivity index (χ1) is 14.9. The fourth-order valence-electron chi connectivity index (χ4n) is 3.34. The van der Waals surface area contributed by atoms with Crippen LogP contribution in [0.15, 0.2) is 72.8 Å². The van der Waals surface area contributed by atoms with Gasteiger partial charge in [-0.2, -0.15) is 0 Å². The molecule has 4 aromatic rings. The highest BCUT2D eigenvalue weighted by Crippen LogP contribution is 2.33. The van der Waals surface area contributed by atoms with Crippen molar-refractivity contribution < 1.29 is 24.5 Å². The molecule has 4 rings (SSSR count). The van der Waals surface area contributed by atoms with Crippen molar-refractivity contribution in [2.24, 2.45) is 0 Å². The van der Waals surface area contributed by atoms with E-state index in [4.69, 9.17) is 16.3 Å². The summed E-state index contributed by atoms with van der Waals surface area (Å²) in [4.78, 5) is 28.1. The van der Waals surface area contributed by atoms with Crippen LogP contribution in [0, 0.1) is 0 Å². The van der Waals surface area contributed by atoms with Gasteiger partial charge in [-0.15, -0.1) is 0 Å². The smallest absolute Gasteiger partial charge is 0.355 e. The Bertz CT molecular complexity index is 1280. The summed E-state index contributed by atoms with van der Waals surface area (Å²) in [5.74, 6) is -1.97. The minimum atomic E-state index is -1.30. The molecule has 0 spiro atoms. The van der Waals surface area contributed by atoms with Crippen molar-refractivity contribution in [2.45, 2.75) is 6.61 Å². The van der Waals surface area contributed by atoms with Gasteiger partial charge in [0.1, 0.15) is 12.4 Å². The maximum absolute atomic E-state index is 12.1. The van der Waals surface area contributed by atoms with E-state index in [9.17, 15) is 19.8 Å². The van der Waals surface area contributed by atoms with E-state index in [1.54, 1.807) is 60.7 Å². The van der Waals surface area contributed by atoms with Crippen molar-refractivity contribution in [1.29, 1.82) is 0 Å². The Labute approximate surface area is 182 Å². The van der Waals surface area contributed by atoms with Crippen molar-refractivity contribution in [1.82, 2.24) is 4.98 Å². The van der Waals surface area contributed by atoms with Crippen LogP contribution in [0.5, 0.6) is 5.75 Å². The highest BCUT2D eigenvalue weighted by atomic mass is 35.5. The third kappa shape index (κ3) is 4.20. The molecule has 2 N–H and O–H groups in total. The molecular weight excluding hydrogens is 418 g/mol. The van der Waals surface area contributed by atoms with Gasteiger partial charge >= 0.3 is 11.9 Å². The van der Waals surface area contributed by atoms with Crippen LogP contribution in [0.4, 0.5) is 0 Å². The van der Waals surface area contributed by atoms with Gasteiger partial charge < -0.3 is 14.9 Å². The first-order valence-electron chi connectivity index (χ1n) is 9.31. The largest absolute Gasteiger partial charge is 0.489 e. The lowest BCUT2D eigenvalue weighted by Crippen LogP contribution is -2.10. The highest BCUT2D eigenvalue weighted by Gasteiger charge is 2.24. The molecule has 0 fully saturated rings. The molecule has 0 amide bonds. The van der Waals surface area contributed by atoms with Crippen LogP contribution in [-0.4, -0.2) is 27.1 Å². The number of fused-ring (bicyclic) bond motifs is 1. The first-order valence-corrected chi connectivity index (χ1v) is 9.69. The summed E-state index contributed by atoms with van der Waals surface area (Å²) >= 11 is 5.88. The van der Waals surface area contributed by atoms with E-state index in [2.05, 4.69) is 4.98 Å². The SMILES string of the molecule is O=C(O)c1nc2ccccc2c(C(=O)O)c1-c1ccc(OCc2ccc(Cl)cc2)cc1. The lowest BCUT2D eigenvalue weighted by molar-refractivity contribution is 0.0691. The van der Waals surface area contributed by atoms with Crippen LogP contribution in [0.2, 0.25) is 5.02 Å². The zero-order valence-electron chi connectivity index (χ0n) is 16.1. The van der Waals surface area contributed by atoms with Gasteiger partial charge in [-0.05, 0) is 41.5 Å². The molecule has 7 heteroatoms. The number of pyridine rings is 1. The van der Waals surface area contributed by atoms with Gasteiger partial charge in [0, 0.05) is 16.0 Å². The normalized spacial score (nSPS) is 10.7. The van der Waals surface area contributed by atoms with Gasteiger partial charge in [0.05, 0.1) is 11.1 Å². The number of para-hydroxylation sites is 1. The van der Waals surface area contributed by atoms with Gasteiger partial charge in [0.15, 0.2) is 5.69 Å². The van der Waals surface area contributed by atoms with E-state index in [1.165, 1.54) is 0 Å². The lowest BCUT2D eigenvalue weighted by atomic mass is 9.94. The molecule has 0 saturated heterocycles. The van der Waals surface area contributed by atoms with Crippen molar-refractivity contribution in [3.05, 3.63) is 94.6 Å². The van der Waals surface area contributed by atoms with Crippen molar-refractivity contribution >= 4 is 34.4 Å². The minimum absolute atomic E-state index is 0.0583. The zero-order valence-corrected chi connectivity index (χ0v) is 16.8. The number of halogens is 1. The number of aromatic carboxylic acids is 2. The van der Waals surface area contributed by atoms with Crippen molar-refractivity contribution in [2.75, 3.05) is 0 Å². The van der Waals surface area contributed by atoms with E-state index in [0.717, 1.165) is 5.56 Å². The fraction of sp³-hybridized carbons (Fsp3) is 0.0417. The van der Waals surface area contributed by atoms with Gasteiger partial charge in [-0.1, -0.05) is 54.1 Å². The topological polar surface area (TPSA) is 96.7 Å². The second-order valence-corrected chi connectivity index (χ2v) is 7.21. The fourth-order valence-corrected chi connectivity index (χ4v) is 3.46. The van der Waals surface area contributed by atoms with E-state index in [0.29, 0.717) is 33.8 Å². The summed E-state index contributed by atoms with van der Waals surface area (Å²) in [6, 6.07) is 20.4. The highest BCUT2D eigenvalue weighted by molar-refractivity contribution is 6.30. The molecule has 0 aliphatic carbocycles. The Morgan fingerprint density at radius 3 is 2.19 bits per heavy atom. The van der Waals surface area contributed by atoms with Gasteiger partial charge in [0.2, 0.25) is 0 Å². The zero-order chi connectivity index (χ0) is 22.0. The summed E-state index contributed by atoms with van der Waals surface area (Å²) in [6.07, 6.45) is 0. The molecule has 3 aromatic carbocycles. The number of carboxylic acids is 2. The number of carboxylic acid groups (broad SMARTS) is 2. The second kappa shape index (κ2) is 8.45. The summed E-state index contributed by atoms with van der Waals surface area (Å²) < 4.78 is 5.76. The monoisotopic (exact) mass is 433 g/mol. The van der Waals surface area contributed by atoms with Crippen LogP contribution in [0.1, 0.15) is 26.4 Å². The Morgan fingerprint density at radius 2 is 1.55 bits per heavy atom. The van der Waals surface area contributed by atoms with Crippen LogP contribution in [-0.2, 0) is 6.61 Å². The number of ether oxygens (including phenoxy) is 1. The van der Waals surface area contributed by atoms with E-state index in [1.807, 2.05) is 12.1 Å². The molecule has 0 unspecified atom stereocenters. The minimum Gasteiger partial charge on any atom is -0.489 e. The number of hydrogen-bond acceptors (Lipinski definition) is 4. The van der Waals surface area contributed by atoms with Crippen LogP contribution < -0.4 is 4.74 Å². The van der Waals surface area contributed by atoms with E-state index < -0.39 is 11.9 Å². The number of carbonyl (C=O) groups is 2. The first kappa shape index (κ1) is 20.4. The average Bonchev–Trinajstić information content (AvgIpc) is 2.77. The predicted molar refractivity (Wildman–Crippen MR) is 117 cm³/mol. The molecule has 31 heavy (non-hydrogen) atoms. The molecule has 0 saturated carbocycles. The van der Waals surface area contributed by atoms with Crippen LogP contribution in [0.25, 0.3) is 22.0 Å². The van der Waals surface area contributed by atoms with Crippen molar-refractivity contribution in [3.63, 3.8) is 0 Å². The van der Waals surface area contributed by atoms with E-state index in [-0.39, 0.29) is 16.8 Å². The summed E-state index contributed by atoms with van der Waals surface area (Å²) in [6.45, 7) is 0.328. The number of hydrogen-bond donors (Lipinski definition) is 2. The Morgan fingerprint density at radius 1 is 0.871 bits per heavy atom. The Balaban J connectivity index is 1.73. The second-order valence-electron chi connectivity index (χ2n) is 6.78. The number of benzene rings is 3. The summed E-state index contributed by atoms with van der Waals surface area (Å²) in [7, 11) is 0. The molecule has 1 heterocycles. The maximum atomic E-state index is 12.1. The molecule has 1 aromatic heterocycles. The van der Waals surface area contributed by atoms with Crippen LogP contribution in [0.3, 0.4) is 0 Å². The third-order valence-electron chi connectivity index (χ3n) is 4.77. The molecular formula is C24H16ClNO5. The molecule has 6 nitrogen and oxygen atoms in total. The van der Waals surface area contributed by atoms with E-state index >= 15 is 0 Å². The number of nitrogens with zero attached hydrogens (tertiary/aromatic N) is 1. The molecule has 0 atom stereocenters. The third-order valence-corrected chi connectivity index (χ3v) is 5.02. The quantitative estimate of drug-likeness (QED) is 0.415. The molecule has 0 radical (unpaired) electrons. The number of rotatable bonds is 6. The number of aromatic nitrogens is 1. The molecule has 0 aliphatic rings. The average molecular weight is 434 g/mol. The predicted octanol–water partition coefficient (Wildman–Crippen LogP) is 5.53. The molecule has 0 bridgehead atoms. The Kier molecular flexibility index (Phi) is 5.56. The maximum Gasteiger partial charge on any atom is 0.355 e. The van der Waals surface area contributed by atoms with Gasteiger partial charge in [-0.3, -0.25) is 0 Å². The molecule has 154 valence electrons. The van der Waals surface area contributed by atoms with Gasteiger partial charge in [0.25, 0.3) is 0 Å². The Hall–Kier alpha value is -3.90. The standard InChI is InChI=1S/C24H16ClNO5/c25-16-9-5-14(6-10-16)13-31-17-11-7-15(8-12-17)20-21(23(27)28)18-3-1-2-4-19(18)26-22(20)24(29)30/h1-12H,13H2,(H,27,28)(H,29,30). The van der Waals surface area contributed by atoms with Gasteiger partial charge in [-0.25, -0.2) is 14.6 Å².